The van der Waals surface area contributed by atoms with E-state index >= 15 is 0 Å². The van der Waals surface area contributed by atoms with Gasteiger partial charge in [-0.15, -0.1) is 0 Å². The maximum atomic E-state index is 13.1. The Labute approximate surface area is 115 Å². The summed E-state index contributed by atoms with van der Waals surface area (Å²) in [4.78, 5) is 3.99. The molecule has 0 aliphatic heterocycles. The molecule has 0 atom stereocenters. The van der Waals surface area contributed by atoms with Crippen molar-refractivity contribution >= 4 is 0 Å². The Balaban J connectivity index is 1.78. The first-order valence-electron chi connectivity index (χ1n) is 6.51. The smallest absolute Gasteiger partial charge is 0.150 e. The number of ether oxygens (including phenoxy) is 1. The third-order valence-electron chi connectivity index (χ3n) is 3.09. The van der Waals surface area contributed by atoms with Crippen molar-refractivity contribution in [1.29, 1.82) is 0 Å². The number of halogens is 2. The third kappa shape index (κ3) is 3.30. The molecule has 104 valence electrons. The highest BCUT2D eigenvalue weighted by Gasteiger charge is 2.20. The molecule has 1 heterocycles. The van der Waals surface area contributed by atoms with E-state index < -0.39 is 11.6 Å². The van der Waals surface area contributed by atoms with Crippen molar-refractivity contribution < 1.29 is 13.5 Å². The van der Waals surface area contributed by atoms with Gasteiger partial charge in [0.2, 0.25) is 0 Å². The van der Waals surface area contributed by atoms with Crippen molar-refractivity contribution in [3.05, 3.63) is 53.9 Å². The van der Waals surface area contributed by atoms with Gasteiger partial charge in [0.05, 0.1) is 6.20 Å². The molecule has 0 unspecified atom stereocenters. The molecule has 5 heteroatoms. The van der Waals surface area contributed by atoms with Crippen LogP contribution in [0.5, 0.6) is 11.5 Å². The van der Waals surface area contributed by atoms with Crippen LogP contribution in [0.15, 0.2) is 36.7 Å². The number of pyridine rings is 1. The van der Waals surface area contributed by atoms with E-state index in [1.165, 1.54) is 12.8 Å². The Morgan fingerprint density at radius 2 is 1.95 bits per heavy atom. The first kappa shape index (κ1) is 13.0. The minimum absolute atomic E-state index is 0.128. The molecule has 0 amide bonds. The van der Waals surface area contributed by atoms with E-state index in [0.717, 1.165) is 23.8 Å². The van der Waals surface area contributed by atoms with E-state index in [0.29, 0.717) is 18.3 Å². The minimum atomic E-state index is -0.665. The van der Waals surface area contributed by atoms with Crippen molar-refractivity contribution in [2.24, 2.45) is 0 Å². The number of hydrogen-bond donors (Lipinski definition) is 1. The van der Waals surface area contributed by atoms with Gasteiger partial charge in [0.15, 0.2) is 0 Å². The molecule has 0 bridgehead atoms. The van der Waals surface area contributed by atoms with Gasteiger partial charge in [-0.25, -0.2) is 8.78 Å². The molecule has 3 nitrogen and oxygen atoms in total. The molecule has 0 saturated heterocycles. The summed E-state index contributed by atoms with van der Waals surface area (Å²) >= 11 is 0. The van der Waals surface area contributed by atoms with Gasteiger partial charge in [0.25, 0.3) is 0 Å². The van der Waals surface area contributed by atoms with E-state index in [4.69, 9.17) is 4.74 Å². The van der Waals surface area contributed by atoms with E-state index in [-0.39, 0.29) is 5.75 Å². The van der Waals surface area contributed by atoms with Crippen LogP contribution in [0.4, 0.5) is 8.78 Å². The lowest BCUT2D eigenvalue weighted by atomic mass is 10.2. The zero-order valence-corrected chi connectivity index (χ0v) is 10.8. The summed E-state index contributed by atoms with van der Waals surface area (Å²) in [7, 11) is 0. The number of nitrogens with zero attached hydrogens (tertiary/aromatic N) is 1. The van der Waals surface area contributed by atoms with Gasteiger partial charge in [-0.05, 0) is 18.9 Å². The van der Waals surface area contributed by atoms with Gasteiger partial charge in [0, 0.05) is 42.5 Å². The first-order valence-corrected chi connectivity index (χ1v) is 6.51. The molecular formula is C15H14F2N2O. The predicted molar refractivity (Wildman–Crippen MR) is 70.5 cm³/mol. The molecule has 1 aliphatic carbocycles. The molecule has 1 aromatic heterocycles. The molecule has 1 saturated carbocycles. The van der Waals surface area contributed by atoms with Gasteiger partial charge in [-0.1, -0.05) is 0 Å². The maximum absolute atomic E-state index is 13.1. The maximum Gasteiger partial charge on any atom is 0.150 e. The lowest BCUT2D eigenvalue weighted by molar-refractivity contribution is 0.458. The fraction of sp³-hybridized carbons (Fsp3) is 0.267. The largest absolute Gasteiger partial charge is 0.455 e. The molecule has 0 radical (unpaired) electrons. The highest BCUT2D eigenvalue weighted by atomic mass is 19.1. The molecule has 1 fully saturated rings. The average molecular weight is 276 g/mol. The van der Waals surface area contributed by atoms with Crippen LogP contribution in [0.3, 0.4) is 0 Å². The van der Waals surface area contributed by atoms with E-state index in [1.54, 1.807) is 12.4 Å². The summed E-state index contributed by atoms with van der Waals surface area (Å²) in [6.07, 6.45) is 5.60. The zero-order valence-electron chi connectivity index (χ0n) is 10.8. The van der Waals surface area contributed by atoms with Gasteiger partial charge in [-0.3, -0.25) is 4.98 Å². The van der Waals surface area contributed by atoms with Crippen LogP contribution in [0.1, 0.15) is 18.4 Å². The predicted octanol–water partition coefficient (Wildman–Crippen LogP) is 3.40. The first-order chi connectivity index (χ1) is 9.70. The molecule has 1 aromatic carbocycles. The SMILES string of the molecule is Fc1cc(F)cc(Oc2cnccc2CNC2CC2)c1. The van der Waals surface area contributed by atoms with Crippen molar-refractivity contribution in [3.8, 4) is 11.5 Å². The molecule has 20 heavy (non-hydrogen) atoms. The van der Waals surface area contributed by atoms with Crippen LogP contribution in [-0.4, -0.2) is 11.0 Å². The van der Waals surface area contributed by atoms with Crippen LogP contribution in [0.25, 0.3) is 0 Å². The van der Waals surface area contributed by atoms with Gasteiger partial charge in [0.1, 0.15) is 23.1 Å². The minimum Gasteiger partial charge on any atom is -0.455 e. The van der Waals surface area contributed by atoms with Crippen molar-refractivity contribution in [2.45, 2.75) is 25.4 Å². The van der Waals surface area contributed by atoms with Gasteiger partial charge >= 0.3 is 0 Å². The highest BCUT2D eigenvalue weighted by Crippen LogP contribution is 2.27. The standard InChI is InChI=1S/C15H14F2N2O/c16-11-5-12(17)7-14(6-11)20-15-9-18-4-3-10(15)8-19-13-1-2-13/h3-7,9,13,19H,1-2,8H2. The number of rotatable bonds is 5. The summed E-state index contributed by atoms with van der Waals surface area (Å²) in [5.41, 5.74) is 0.913. The van der Waals surface area contributed by atoms with Crippen LogP contribution in [0, 0.1) is 11.6 Å². The second kappa shape index (κ2) is 5.54. The topological polar surface area (TPSA) is 34.1 Å². The Bertz CT molecular complexity index is 594. The summed E-state index contributed by atoms with van der Waals surface area (Å²) in [5.74, 6) is -0.697. The molecule has 1 aliphatic rings. The molecule has 1 N–H and O–H groups in total. The highest BCUT2D eigenvalue weighted by molar-refractivity contribution is 5.35. The van der Waals surface area contributed by atoms with E-state index in [9.17, 15) is 8.78 Å². The third-order valence-corrected chi connectivity index (χ3v) is 3.09. The summed E-state index contributed by atoms with van der Waals surface area (Å²) in [5, 5.41) is 3.37. The molecule has 0 spiro atoms. The lowest BCUT2D eigenvalue weighted by Crippen LogP contribution is -2.15. The number of benzene rings is 1. The van der Waals surface area contributed by atoms with Crippen molar-refractivity contribution in [2.75, 3.05) is 0 Å². The average Bonchev–Trinajstić information content (AvgIpc) is 3.20. The molecular weight excluding hydrogens is 262 g/mol. The lowest BCUT2D eigenvalue weighted by Gasteiger charge is -2.11. The second-order valence-corrected chi connectivity index (χ2v) is 4.85. The van der Waals surface area contributed by atoms with Gasteiger partial charge < -0.3 is 10.1 Å². The number of aromatic nitrogens is 1. The van der Waals surface area contributed by atoms with E-state index in [2.05, 4.69) is 10.3 Å². The number of hydrogen-bond acceptors (Lipinski definition) is 3. The van der Waals surface area contributed by atoms with E-state index in [1.807, 2.05) is 6.07 Å². The van der Waals surface area contributed by atoms with Crippen LogP contribution < -0.4 is 10.1 Å². The zero-order chi connectivity index (χ0) is 13.9. The Morgan fingerprint density at radius 1 is 1.20 bits per heavy atom. The fourth-order valence-electron chi connectivity index (χ4n) is 1.90. The number of nitrogens with one attached hydrogen (secondary N) is 1. The monoisotopic (exact) mass is 276 g/mol. The Kier molecular flexibility index (Phi) is 3.60. The van der Waals surface area contributed by atoms with Crippen LogP contribution >= 0.6 is 0 Å². The summed E-state index contributed by atoms with van der Waals surface area (Å²) in [6, 6.07) is 5.51. The summed E-state index contributed by atoms with van der Waals surface area (Å²) in [6.45, 7) is 0.653. The second-order valence-electron chi connectivity index (χ2n) is 4.85. The Morgan fingerprint density at radius 3 is 2.65 bits per heavy atom. The normalized spacial score (nSPS) is 14.3. The molecule has 3 rings (SSSR count). The summed E-state index contributed by atoms with van der Waals surface area (Å²) < 4.78 is 31.8. The van der Waals surface area contributed by atoms with Crippen molar-refractivity contribution in [3.63, 3.8) is 0 Å². The fourth-order valence-corrected chi connectivity index (χ4v) is 1.90. The molecule has 2 aromatic rings. The van der Waals surface area contributed by atoms with Gasteiger partial charge in [-0.2, -0.15) is 0 Å². The quantitative estimate of drug-likeness (QED) is 0.908. The van der Waals surface area contributed by atoms with Crippen molar-refractivity contribution in [1.82, 2.24) is 10.3 Å². The van der Waals surface area contributed by atoms with Crippen LogP contribution in [0.2, 0.25) is 0 Å². The Hall–Kier alpha value is -2.01. The van der Waals surface area contributed by atoms with Crippen LogP contribution in [-0.2, 0) is 6.54 Å².